The van der Waals surface area contributed by atoms with Crippen LogP contribution < -0.4 is 5.63 Å². The van der Waals surface area contributed by atoms with Crippen molar-refractivity contribution < 1.29 is 17.2 Å². The Morgan fingerprint density at radius 1 is 1.08 bits per heavy atom. The van der Waals surface area contributed by atoms with Crippen LogP contribution in [0.4, 0.5) is 4.39 Å². The largest absolute Gasteiger partial charge is 0.423 e. The molecule has 0 spiro atoms. The van der Waals surface area contributed by atoms with Gasteiger partial charge in [0.05, 0.1) is 4.90 Å². The van der Waals surface area contributed by atoms with Gasteiger partial charge in [-0.3, -0.25) is 0 Å². The van der Waals surface area contributed by atoms with Crippen molar-refractivity contribution >= 4 is 21.0 Å². The van der Waals surface area contributed by atoms with Crippen LogP contribution in [0.5, 0.6) is 0 Å². The minimum atomic E-state index is -3.77. The summed E-state index contributed by atoms with van der Waals surface area (Å²) >= 11 is 0. The fourth-order valence-corrected chi connectivity index (χ4v) is 4.04. The normalized spacial score (nSPS) is 12.0. The Hall–Kier alpha value is -2.51. The van der Waals surface area contributed by atoms with Gasteiger partial charge < -0.3 is 4.42 Å². The summed E-state index contributed by atoms with van der Waals surface area (Å²) in [4.78, 5) is 11.3. The van der Waals surface area contributed by atoms with Gasteiger partial charge in [0.25, 0.3) is 0 Å². The molecule has 0 saturated carbocycles. The molecule has 2 aromatic carbocycles. The van der Waals surface area contributed by atoms with Gasteiger partial charge in [-0.15, -0.1) is 0 Å². The maximum Gasteiger partial charge on any atom is 0.336 e. The van der Waals surface area contributed by atoms with Gasteiger partial charge in [-0.1, -0.05) is 19.1 Å². The molecule has 0 aliphatic rings. The molecule has 1 heterocycles. The molecule has 3 rings (SSSR count). The van der Waals surface area contributed by atoms with Crippen LogP contribution in [0.3, 0.4) is 0 Å². The number of halogens is 1. The first-order valence-corrected chi connectivity index (χ1v) is 9.12. The van der Waals surface area contributed by atoms with Crippen molar-refractivity contribution in [1.82, 2.24) is 4.31 Å². The SMILES string of the molecule is CCN(Cc1cccc(F)c1)S(=O)(=O)c1ccc2oc(=O)ccc2c1. The third kappa shape index (κ3) is 3.62. The molecule has 0 amide bonds. The molecule has 7 heteroatoms. The minimum absolute atomic E-state index is 0.0680. The molecule has 0 N–H and O–H groups in total. The fourth-order valence-electron chi connectivity index (χ4n) is 2.57. The van der Waals surface area contributed by atoms with E-state index in [9.17, 15) is 17.6 Å². The Labute approximate surface area is 144 Å². The number of hydrogen-bond donors (Lipinski definition) is 0. The van der Waals surface area contributed by atoms with Crippen LogP contribution in [-0.2, 0) is 16.6 Å². The van der Waals surface area contributed by atoms with Gasteiger partial charge in [-0.25, -0.2) is 17.6 Å². The van der Waals surface area contributed by atoms with Crippen molar-refractivity contribution in [3.8, 4) is 0 Å². The lowest BCUT2D eigenvalue weighted by molar-refractivity contribution is 0.422. The van der Waals surface area contributed by atoms with Crippen LogP contribution in [0.15, 0.2) is 68.7 Å². The van der Waals surface area contributed by atoms with Crippen LogP contribution >= 0.6 is 0 Å². The molecule has 0 atom stereocenters. The lowest BCUT2D eigenvalue weighted by Crippen LogP contribution is -2.30. The summed E-state index contributed by atoms with van der Waals surface area (Å²) in [6.45, 7) is 2.02. The summed E-state index contributed by atoms with van der Waals surface area (Å²) in [5, 5.41) is 0.516. The molecule has 0 unspecified atom stereocenters. The third-order valence-corrected chi connectivity index (χ3v) is 5.75. The van der Waals surface area contributed by atoms with E-state index in [1.165, 1.54) is 46.8 Å². The average molecular weight is 361 g/mol. The summed E-state index contributed by atoms with van der Waals surface area (Å²) in [5.74, 6) is -0.410. The van der Waals surface area contributed by atoms with Crippen LogP contribution in [0, 0.1) is 5.82 Å². The number of nitrogens with zero attached hydrogens (tertiary/aromatic N) is 1. The van der Waals surface area contributed by atoms with E-state index in [-0.39, 0.29) is 18.0 Å². The second-order valence-corrected chi connectivity index (χ2v) is 7.45. The quantitative estimate of drug-likeness (QED) is 0.655. The van der Waals surface area contributed by atoms with Crippen molar-refractivity contribution in [1.29, 1.82) is 0 Å². The fraction of sp³-hybridized carbons (Fsp3) is 0.167. The Morgan fingerprint density at radius 3 is 2.60 bits per heavy atom. The second-order valence-electron chi connectivity index (χ2n) is 5.52. The number of fused-ring (bicyclic) bond motifs is 1. The molecule has 130 valence electrons. The molecule has 1 aromatic heterocycles. The van der Waals surface area contributed by atoms with Crippen molar-refractivity contribution in [2.45, 2.75) is 18.4 Å². The van der Waals surface area contributed by atoms with E-state index in [0.717, 1.165) is 0 Å². The Kier molecular flexibility index (Phi) is 4.69. The van der Waals surface area contributed by atoms with Crippen LogP contribution in [0.1, 0.15) is 12.5 Å². The van der Waals surface area contributed by atoms with E-state index < -0.39 is 21.5 Å². The molecule has 0 fully saturated rings. The monoisotopic (exact) mass is 361 g/mol. The number of hydrogen-bond acceptors (Lipinski definition) is 4. The smallest absolute Gasteiger partial charge is 0.336 e. The topological polar surface area (TPSA) is 67.6 Å². The van der Waals surface area contributed by atoms with Crippen LogP contribution in [-0.4, -0.2) is 19.3 Å². The molecular weight excluding hydrogens is 345 g/mol. The first-order chi connectivity index (χ1) is 11.9. The predicted octanol–water partition coefficient (Wildman–Crippen LogP) is 3.14. The van der Waals surface area contributed by atoms with Crippen LogP contribution in [0.25, 0.3) is 11.0 Å². The zero-order chi connectivity index (χ0) is 18.0. The molecule has 3 aromatic rings. The van der Waals surface area contributed by atoms with E-state index in [1.54, 1.807) is 19.1 Å². The van der Waals surface area contributed by atoms with Gasteiger partial charge in [-0.05, 0) is 42.0 Å². The van der Waals surface area contributed by atoms with Crippen molar-refractivity contribution in [3.63, 3.8) is 0 Å². The Morgan fingerprint density at radius 2 is 1.88 bits per heavy atom. The van der Waals surface area contributed by atoms with Gasteiger partial charge in [0.15, 0.2) is 0 Å². The molecule has 0 bridgehead atoms. The highest BCUT2D eigenvalue weighted by molar-refractivity contribution is 7.89. The van der Waals surface area contributed by atoms with Gasteiger partial charge in [0, 0.05) is 24.5 Å². The van der Waals surface area contributed by atoms with Crippen molar-refractivity contribution in [2.24, 2.45) is 0 Å². The average Bonchev–Trinajstić information content (AvgIpc) is 2.59. The lowest BCUT2D eigenvalue weighted by Gasteiger charge is -2.21. The van der Waals surface area contributed by atoms with Crippen LogP contribution in [0.2, 0.25) is 0 Å². The summed E-state index contributed by atoms with van der Waals surface area (Å²) in [7, 11) is -3.77. The zero-order valence-corrected chi connectivity index (χ0v) is 14.3. The third-order valence-electron chi connectivity index (χ3n) is 3.83. The molecule has 25 heavy (non-hydrogen) atoms. The molecular formula is C18H16FNO4S. The molecule has 0 saturated heterocycles. The zero-order valence-electron chi connectivity index (χ0n) is 13.5. The van der Waals surface area contributed by atoms with Gasteiger partial charge >= 0.3 is 5.63 Å². The molecule has 0 aliphatic carbocycles. The maximum atomic E-state index is 13.3. The van der Waals surface area contributed by atoms with Gasteiger partial charge in [-0.2, -0.15) is 4.31 Å². The van der Waals surface area contributed by atoms with E-state index in [2.05, 4.69) is 0 Å². The molecule has 0 radical (unpaired) electrons. The van der Waals surface area contributed by atoms with E-state index >= 15 is 0 Å². The summed E-state index contributed by atoms with van der Waals surface area (Å²) < 4.78 is 45.4. The number of benzene rings is 2. The predicted molar refractivity (Wildman–Crippen MR) is 92.2 cm³/mol. The number of sulfonamides is 1. The highest BCUT2D eigenvalue weighted by atomic mass is 32.2. The molecule has 0 aliphatic heterocycles. The lowest BCUT2D eigenvalue weighted by atomic mass is 10.2. The van der Waals surface area contributed by atoms with Gasteiger partial charge in [0.2, 0.25) is 10.0 Å². The summed E-state index contributed by atoms with van der Waals surface area (Å²) in [6.07, 6.45) is 0. The van der Waals surface area contributed by atoms with E-state index in [4.69, 9.17) is 4.42 Å². The highest BCUT2D eigenvalue weighted by Gasteiger charge is 2.23. The Balaban J connectivity index is 1.98. The first kappa shape index (κ1) is 17.3. The van der Waals surface area contributed by atoms with E-state index in [1.807, 2.05) is 0 Å². The standard InChI is InChI=1S/C18H16FNO4S/c1-2-20(12-13-4-3-5-15(19)10-13)25(22,23)16-7-8-17-14(11-16)6-9-18(21)24-17/h3-11H,2,12H2,1H3. The van der Waals surface area contributed by atoms with Gasteiger partial charge in [0.1, 0.15) is 11.4 Å². The first-order valence-electron chi connectivity index (χ1n) is 7.68. The maximum absolute atomic E-state index is 13.3. The van der Waals surface area contributed by atoms with Crippen molar-refractivity contribution in [2.75, 3.05) is 6.54 Å². The number of rotatable bonds is 5. The molecule has 5 nitrogen and oxygen atoms in total. The summed E-state index contributed by atoms with van der Waals surface area (Å²) in [6, 6.07) is 12.9. The van der Waals surface area contributed by atoms with Crippen molar-refractivity contribution in [3.05, 3.63) is 76.4 Å². The second kappa shape index (κ2) is 6.78. The minimum Gasteiger partial charge on any atom is -0.423 e. The Bertz CT molecular complexity index is 1080. The van der Waals surface area contributed by atoms with E-state index in [0.29, 0.717) is 16.5 Å². The summed E-state index contributed by atoms with van der Waals surface area (Å²) in [5.41, 5.74) is 0.390. The highest BCUT2D eigenvalue weighted by Crippen LogP contribution is 2.22.